The van der Waals surface area contributed by atoms with Crippen molar-refractivity contribution in [3.05, 3.63) is 77.2 Å². The number of aromatic nitrogens is 4. The third kappa shape index (κ3) is 3.37. The van der Waals surface area contributed by atoms with Crippen molar-refractivity contribution in [1.29, 1.82) is 0 Å². The van der Waals surface area contributed by atoms with Crippen LogP contribution in [0.1, 0.15) is 21.9 Å². The van der Waals surface area contributed by atoms with Crippen LogP contribution in [0.4, 0.5) is 20.4 Å². The average Bonchev–Trinajstić information content (AvgIpc) is 3.07. The van der Waals surface area contributed by atoms with Gasteiger partial charge in [0, 0.05) is 22.7 Å². The zero-order valence-electron chi connectivity index (χ0n) is 14.1. The van der Waals surface area contributed by atoms with Crippen molar-refractivity contribution >= 4 is 28.3 Å². The minimum Gasteiger partial charge on any atom is -0.323 e. The zero-order chi connectivity index (χ0) is 19.0. The molecule has 2 heterocycles. The van der Waals surface area contributed by atoms with Crippen molar-refractivity contribution in [2.45, 2.75) is 6.92 Å². The minimum absolute atomic E-state index is 0.0875. The predicted octanol–water partition coefficient (Wildman–Crippen LogP) is 3.91. The van der Waals surface area contributed by atoms with Gasteiger partial charge in [0.2, 0.25) is 11.6 Å². The third-order valence-corrected chi connectivity index (χ3v) is 3.92. The molecule has 0 amide bonds. The second kappa shape index (κ2) is 6.56. The first kappa shape index (κ1) is 16.8. The molecule has 0 atom stereocenters. The molecular formula is C19H13F2N5O. The van der Waals surface area contributed by atoms with E-state index in [2.05, 4.69) is 25.5 Å². The van der Waals surface area contributed by atoms with Gasteiger partial charge in [0.25, 0.3) is 0 Å². The highest BCUT2D eigenvalue weighted by molar-refractivity contribution is 6.08. The number of carbonyl (C=O) groups excluding carboxylic acids is 1. The molecule has 0 fully saturated rings. The van der Waals surface area contributed by atoms with E-state index in [0.29, 0.717) is 16.7 Å². The third-order valence-electron chi connectivity index (χ3n) is 3.92. The van der Waals surface area contributed by atoms with Crippen LogP contribution in [0.2, 0.25) is 0 Å². The maximum Gasteiger partial charge on any atom is 0.230 e. The van der Waals surface area contributed by atoms with Gasteiger partial charge in [-0.05, 0) is 49.4 Å². The topological polar surface area (TPSA) is 83.6 Å². The Morgan fingerprint density at radius 1 is 1.00 bits per heavy atom. The SMILES string of the molecule is Cc1cc(Nc2nc(C(=O)c3ccc(F)cc3)nc3ccc(F)cc23)n[nH]1. The molecule has 6 nitrogen and oxygen atoms in total. The van der Waals surface area contributed by atoms with Gasteiger partial charge in [0.1, 0.15) is 17.5 Å². The quantitative estimate of drug-likeness (QED) is 0.536. The van der Waals surface area contributed by atoms with E-state index in [-0.39, 0.29) is 17.2 Å². The Labute approximate surface area is 152 Å². The van der Waals surface area contributed by atoms with E-state index < -0.39 is 17.4 Å². The molecule has 134 valence electrons. The van der Waals surface area contributed by atoms with Gasteiger partial charge in [-0.2, -0.15) is 5.10 Å². The van der Waals surface area contributed by atoms with E-state index in [9.17, 15) is 13.6 Å². The number of H-pyrrole nitrogens is 1. The summed E-state index contributed by atoms with van der Waals surface area (Å²) < 4.78 is 26.8. The van der Waals surface area contributed by atoms with Gasteiger partial charge in [0.05, 0.1) is 5.52 Å². The Balaban J connectivity index is 1.83. The summed E-state index contributed by atoms with van der Waals surface area (Å²) in [6.45, 7) is 1.83. The Bertz CT molecular complexity index is 1150. The molecule has 2 aromatic heterocycles. The van der Waals surface area contributed by atoms with Gasteiger partial charge in [-0.3, -0.25) is 9.89 Å². The van der Waals surface area contributed by atoms with Crippen LogP contribution in [-0.2, 0) is 0 Å². The van der Waals surface area contributed by atoms with Crippen molar-refractivity contribution in [3.63, 3.8) is 0 Å². The number of nitrogens with zero attached hydrogens (tertiary/aromatic N) is 3. The summed E-state index contributed by atoms with van der Waals surface area (Å²) in [5, 5.41) is 10.2. The molecular weight excluding hydrogens is 352 g/mol. The molecule has 0 saturated heterocycles. The zero-order valence-corrected chi connectivity index (χ0v) is 14.1. The molecule has 2 aromatic carbocycles. The molecule has 4 aromatic rings. The van der Waals surface area contributed by atoms with E-state index in [1.807, 2.05) is 6.92 Å². The van der Waals surface area contributed by atoms with Crippen molar-refractivity contribution in [1.82, 2.24) is 20.2 Å². The number of fused-ring (bicyclic) bond motifs is 1. The summed E-state index contributed by atoms with van der Waals surface area (Å²) in [4.78, 5) is 21.2. The number of benzene rings is 2. The lowest BCUT2D eigenvalue weighted by atomic mass is 10.1. The lowest BCUT2D eigenvalue weighted by molar-refractivity contribution is 0.103. The van der Waals surface area contributed by atoms with E-state index in [0.717, 1.165) is 5.69 Å². The van der Waals surface area contributed by atoms with Crippen molar-refractivity contribution in [3.8, 4) is 0 Å². The maximum atomic E-state index is 13.7. The van der Waals surface area contributed by atoms with E-state index in [4.69, 9.17) is 0 Å². The highest BCUT2D eigenvalue weighted by atomic mass is 19.1. The Morgan fingerprint density at radius 2 is 1.74 bits per heavy atom. The fourth-order valence-corrected chi connectivity index (χ4v) is 2.63. The number of aromatic amines is 1. The first-order chi connectivity index (χ1) is 13.0. The number of nitrogens with one attached hydrogen (secondary N) is 2. The molecule has 8 heteroatoms. The summed E-state index contributed by atoms with van der Waals surface area (Å²) in [6, 6.07) is 10.8. The van der Waals surface area contributed by atoms with Crippen LogP contribution in [0.15, 0.2) is 48.5 Å². The number of hydrogen-bond acceptors (Lipinski definition) is 5. The van der Waals surface area contributed by atoms with Gasteiger partial charge in [0.15, 0.2) is 5.82 Å². The summed E-state index contributed by atoms with van der Waals surface area (Å²) in [7, 11) is 0. The monoisotopic (exact) mass is 365 g/mol. The van der Waals surface area contributed by atoms with Gasteiger partial charge < -0.3 is 5.32 Å². The van der Waals surface area contributed by atoms with Crippen LogP contribution < -0.4 is 5.32 Å². The number of aryl methyl sites for hydroxylation is 1. The standard InChI is InChI=1S/C19H13F2N5O/c1-10-8-16(26-25-10)23-18-14-9-13(21)6-7-15(14)22-19(24-18)17(27)11-2-4-12(20)5-3-11/h2-9H,1H3,(H2,22,23,24,25,26). The predicted molar refractivity (Wildman–Crippen MR) is 95.9 cm³/mol. The number of rotatable bonds is 4. The first-order valence-electron chi connectivity index (χ1n) is 8.06. The van der Waals surface area contributed by atoms with Crippen LogP contribution in [0, 0.1) is 18.6 Å². The van der Waals surface area contributed by atoms with E-state index in [1.165, 1.54) is 42.5 Å². The van der Waals surface area contributed by atoms with E-state index in [1.54, 1.807) is 6.07 Å². The molecule has 0 saturated carbocycles. The van der Waals surface area contributed by atoms with Crippen LogP contribution in [0.25, 0.3) is 10.9 Å². The van der Waals surface area contributed by atoms with E-state index >= 15 is 0 Å². The van der Waals surface area contributed by atoms with Crippen LogP contribution >= 0.6 is 0 Å². The van der Waals surface area contributed by atoms with Gasteiger partial charge >= 0.3 is 0 Å². The normalized spacial score (nSPS) is 10.9. The molecule has 0 aliphatic rings. The summed E-state index contributed by atoms with van der Waals surface area (Å²) in [6.07, 6.45) is 0. The van der Waals surface area contributed by atoms with Gasteiger partial charge in [-0.15, -0.1) is 0 Å². The molecule has 0 bridgehead atoms. The molecule has 4 rings (SSSR count). The smallest absolute Gasteiger partial charge is 0.230 e. The Kier molecular flexibility index (Phi) is 4.08. The van der Waals surface area contributed by atoms with Crippen LogP contribution in [-0.4, -0.2) is 25.9 Å². The van der Waals surface area contributed by atoms with Gasteiger partial charge in [-0.1, -0.05) is 0 Å². The molecule has 0 aliphatic carbocycles. The molecule has 0 aliphatic heterocycles. The number of halogens is 2. The van der Waals surface area contributed by atoms with Gasteiger partial charge in [-0.25, -0.2) is 18.7 Å². The first-order valence-corrected chi connectivity index (χ1v) is 8.06. The second-order valence-electron chi connectivity index (χ2n) is 5.95. The highest BCUT2D eigenvalue weighted by Crippen LogP contribution is 2.25. The summed E-state index contributed by atoms with van der Waals surface area (Å²) in [5.41, 5.74) is 1.47. The highest BCUT2D eigenvalue weighted by Gasteiger charge is 2.17. The molecule has 27 heavy (non-hydrogen) atoms. The summed E-state index contributed by atoms with van der Waals surface area (Å²) >= 11 is 0. The number of hydrogen-bond donors (Lipinski definition) is 2. The number of anilines is 2. The fourth-order valence-electron chi connectivity index (χ4n) is 2.63. The van der Waals surface area contributed by atoms with Crippen molar-refractivity contribution in [2.24, 2.45) is 0 Å². The fraction of sp³-hybridized carbons (Fsp3) is 0.0526. The second-order valence-corrected chi connectivity index (χ2v) is 5.95. The summed E-state index contributed by atoms with van der Waals surface area (Å²) in [5.74, 6) is -0.742. The van der Waals surface area contributed by atoms with Crippen LogP contribution in [0.3, 0.4) is 0 Å². The lowest BCUT2D eigenvalue weighted by Gasteiger charge is -2.09. The Hall–Kier alpha value is -3.68. The van der Waals surface area contributed by atoms with Crippen molar-refractivity contribution < 1.29 is 13.6 Å². The average molecular weight is 365 g/mol. The largest absolute Gasteiger partial charge is 0.323 e. The molecule has 0 radical (unpaired) electrons. The molecule has 0 unspecified atom stereocenters. The minimum atomic E-state index is -0.470. The maximum absolute atomic E-state index is 13.7. The Morgan fingerprint density at radius 3 is 2.44 bits per heavy atom. The van der Waals surface area contributed by atoms with Crippen LogP contribution in [0.5, 0.6) is 0 Å². The lowest BCUT2D eigenvalue weighted by Crippen LogP contribution is -2.10. The molecule has 0 spiro atoms. The van der Waals surface area contributed by atoms with Crippen molar-refractivity contribution in [2.75, 3.05) is 5.32 Å². The number of ketones is 1. The number of carbonyl (C=O) groups is 1. The molecule has 2 N–H and O–H groups in total.